The fourth-order valence-corrected chi connectivity index (χ4v) is 1.92. The van der Waals surface area contributed by atoms with Crippen LogP contribution in [0.1, 0.15) is 10.4 Å². The third-order valence-electron chi connectivity index (χ3n) is 2.50. The molecule has 7 heteroatoms. The Hall–Kier alpha value is -2.02. The van der Waals surface area contributed by atoms with E-state index in [0.717, 1.165) is 0 Å². The van der Waals surface area contributed by atoms with Crippen molar-refractivity contribution in [3.05, 3.63) is 57.8 Å². The predicted octanol–water partition coefficient (Wildman–Crippen LogP) is 3.70. The summed E-state index contributed by atoms with van der Waals surface area (Å²) in [6, 6.07) is 5.58. The minimum atomic E-state index is -1.39. The first-order valence-electron chi connectivity index (χ1n) is 5.39. The molecule has 0 radical (unpaired) electrons. The molecular weight excluding hydrogens is 337 g/mol. The summed E-state index contributed by atoms with van der Waals surface area (Å²) in [6.45, 7) is 0. The van der Waals surface area contributed by atoms with Gasteiger partial charge in [-0.1, -0.05) is 15.9 Å². The lowest BCUT2D eigenvalue weighted by Crippen LogP contribution is -2.15. The van der Waals surface area contributed by atoms with Crippen LogP contribution in [0.15, 0.2) is 34.8 Å². The van der Waals surface area contributed by atoms with Gasteiger partial charge in [0.1, 0.15) is 5.82 Å². The van der Waals surface area contributed by atoms with E-state index in [1.54, 1.807) is 6.07 Å². The topological polar surface area (TPSA) is 55.1 Å². The van der Waals surface area contributed by atoms with Crippen molar-refractivity contribution in [1.29, 1.82) is 0 Å². The Morgan fingerprint density at radius 1 is 1.15 bits per heavy atom. The van der Waals surface area contributed by atoms with Crippen molar-refractivity contribution in [2.45, 2.75) is 0 Å². The molecule has 0 fully saturated rings. The van der Waals surface area contributed by atoms with Gasteiger partial charge in [0.2, 0.25) is 0 Å². The zero-order chi connectivity index (χ0) is 14.9. The number of nitrogens with one attached hydrogen (secondary N) is 1. The molecule has 2 aromatic carbocycles. The second kappa shape index (κ2) is 5.54. The van der Waals surface area contributed by atoms with Gasteiger partial charge in [-0.3, -0.25) is 4.79 Å². The number of nitrogen functional groups attached to an aromatic ring is 1. The quantitative estimate of drug-likeness (QED) is 0.644. The number of carbonyl (C=O) groups excluding carboxylic acids is 1. The van der Waals surface area contributed by atoms with Crippen LogP contribution >= 0.6 is 15.9 Å². The lowest BCUT2D eigenvalue weighted by molar-refractivity contribution is 0.102. The molecule has 0 unspecified atom stereocenters. The van der Waals surface area contributed by atoms with Gasteiger partial charge in [-0.2, -0.15) is 0 Å². The molecule has 3 N–H and O–H groups in total. The molecule has 0 aliphatic heterocycles. The third-order valence-corrected chi connectivity index (χ3v) is 2.99. The lowest BCUT2D eigenvalue weighted by Gasteiger charge is -2.09. The Morgan fingerprint density at radius 2 is 1.85 bits per heavy atom. The summed E-state index contributed by atoms with van der Waals surface area (Å²) in [7, 11) is 0. The highest BCUT2D eigenvalue weighted by Crippen LogP contribution is 2.23. The molecule has 3 nitrogen and oxygen atoms in total. The second-order valence-electron chi connectivity index (χ2n) is 3.93. The molecular formula is C13H8BrF3N2O. The van der Waals surface area contributed by atoms with Gasteiger partial charge in [0.15, 0.2) is 11.6 Å². The number of halogens is 4. The van der Waals surface area contributed by atoms with Crippen LogP contribution in [-0.4, -0.2) is 5.91 Å². The van der Waals surface area contributed by atoms with Gasteiger partial charge < -0.3 is 11.1 Å². The number of hydrogen-bond donors (Lipinski definition) is 2. The van der Waals surface area contributed by atoms with Crippen molar-refractivity contribution in [3.63, 3.8) is 0 Å². The molecule has 20 heavy (non-hydrogen) atoms. The lowest BCUT2D eigenvalue weighted by atomic mass is 10.1. The van der Waals surface area contributed by atoms with Crippen molar-refractivity contribution in [2.75, 3.05) is 11.1 Å². The Balaban J connectivity index is 2.35. The van der Waals surface area contributed by atoms with Crippen LogP contribution < -0.4 is 11.1 Å². The molecule has 0 saturated carbocycles. The number of amides is 1. The van der Waals surface area contributed by atoms with Gasteiger partial charge in [-0.25, -0.2) is 13.2 Å². The number of nitrogens with two attached hydrogens (primary N) is 1. The number of hydrogen-bond acceptors (Lipinski definition) is 2. The van der Waals surface area contributed by atoms with E-state index in [0.29, 0.717) is 16.6 Å². The molecule has 0 spiro atoms. The zero-order valence-corrected chi connectivity index (χ0v) is 11.5. The van der Waals surface area contributed by atoms with Crippen LogP contribution in [0.2, 0.25) is 0 Å². The van der Waals surface area contributed by atoms with Gasteiger partial charge in [-0.05, 0) is 18.2 Å². The summed E-state index contributed by atoms with van der Waals surface area (Å²) in [5.41, 5.74) is 5.24. The minimum Gasteiger partial charge on any atom is -0.398 e. The SMILES string of the molecule is Nc1ccc(Br)cc1C(=O)Nc1cc(F)cc(F)c1F. The van der Waals surface area contributed by atoms with Gasteiger partial charge >= 0.3 is 0 Å². The van der Waals surface area contributed by atoms with Crippen LogP contribution in [0.3, 0.4) is 0 Å². The molecule has 0 aliphatic carbocycles. The van der Waals surface area contributed by atoms with Gasteiger partial charge in [0.05, 0.1) is 11.3 Å². The second-order valence-corrected chi connectivity index (χ2v) is 4.85. The van der Waals surface area contributed by atoms with Crippen molar-refractivity contribution in [1.82, 2.24) is 0 Å². The molecule has 0 saturated heterocycles. The van der Waals surface area contributed by atoms with Crippen molar-refractivity contribution in [2.24, 2.45) is 0 Å². The van der Waals surface area contributed by atoms with Crippen molar-refractivity contribution >= 4 is 33.2 Å². The monoisotopic (exact) mass is 344 g/mol. The van der Waals surface area contributed by atoms with E-state index in [9.17, 15) is 18.0 Å². The maximum Gasteiger partial charge on any atom is 0.257 e. The number of benzene rings is 2. The maximum atomic E-state index is 13.4. The normalized spacial score (nSPS) is 10.4. The van der Waals surface area contributed by atoms with Gasteiger partial charge in [0.25, 0.3) is 5.91 Å². The standard InChI is InChI=1S/C13H8BrF3N2O/c14-6-1-2-10(18)8(3-6)13(20)19-11-5-7(15)4-9(16)12(11)17/h1-5H,18H2,(H,19,20). The van der Waals surface area contributed by atoms with E-state index in [1.165, 1.54) is 12.1 Å². The first-order chi connectivity index (χ1) is 9.38. The van der Waals surface area contributed by atoms with Crippen LogP contribution in [0.5, 0.6) is 0 Å². The highest BCUT2D eigenvalue weighted by molar-refractivity contribution is 9.10. The smallest absolute Gasteiger partial charge is 0.257 e. The molecule has 1 amide bonds. The molecule has 2 aromatic rings. The Morgan fingerprint density at radius 3 is 2.55 bits per heavy atom. The highest BCUT2D eigenvalue weighted by atomic mass is 79.9. The summed E-state index contributed by atoms with van der Waals surface area (Å²) >= 11 is 3.16. The first kappa shape index (κ1) is 14.4. The van der Waals surface area contributed by atoms with Gasteiger partial charge in [-0.15, -0.1) is 0 Å². The predicted molar refractivity (Wildman–Crippen MR) is 72.8 cm³/mol. The van der Waals surface area contributed by atoms with Crippen LogP contribution in [0.25, 0.3) is 0 Å². The Bertz CT molecular complexity index is 692. The molecule has 104 valence electrons. The highest BCUT2D eigenvalue weighted by Gasteiger charge is 2.16. The summed E-state index contributed by atoms with van der Waals surface area (Å²) < 4.78 is 40.1. The summed E-state index contributed by atoms with van der Waals surface area (Å²) in [5, 5.41) is 2.08. The number of rotatable bonds is 2. The Labute approximate surface area is 120 Å². The summed E-state index contributed by atoms with van der Waals surface area (Å²) in [6.07, 6.45) is 0. The zero-order valence-electron chi connectivity index (χ0n) is 9.88. The third kappa shape index (κ3) is 2.93. The summed E-state index contributed by atoms with van der Waals surface area (Å²) in [4.78, 5) is 11.9. The number of carbonyl (C=O) groups is 1. The number of anilines is 2. The van der Waals surface area contributed by atoms with E-state index < -0.39 is 29.0 Å². The van der Waals surface area contributed by atoms with Crippen LogP contribution in [-0.2, 0) is 0 Å². The van der Waals surface area contributed by atoms with Crippen molar-refractivity contribution in [3.8, 4) is 0 Å². The molecule has 0 aromatic heterocycles. The molecule has 0 heterocycles. The average Bonchev–Trinajstić information content (AvgIpc) is 2.38. The molecule has 2 rings (SSSR count). The van der Waals surface area contributed by atoms with Crippen LogP contribution in [0.4, 0.5) is 24.5 Å². The largest absolute Gasteiger partial charge is 0.398 e. The van der Waals surface area contributed by atoms with Gasteiger partial charge in [0, 0.05) is 22.3 Å². The Kier molecular flexibility index (Phi) is 3.99. The summed E-state index contributed by atoms with van der Waals surface area (Å²) in [5.74, 6) is -4.50. The van der Waals surface area contributed by atoms with E-state index in [4.69, 9.17) is 5.73 Å². The van der Waals surface area contributed by atoms with Crippen molar-refractivity contribution < 1.29 is 18.0 Å². The maximum absolute atomic E-state index is 13.4. The minimum absolute atomic E-state index is 0.0587. The van der Waals surface area contributed by atoms with Crippen LogP contribution in [0, 0.1) is 17.5 Å². The van der Waals surface area contributed by atoms with E-state index in [-0.39, 0.29) is 11.3 Å². The fraction of sp³-hybridized carbons (Fsp3) is 0. The van der Waals surface area contributed by atoms with E-state index in [1.807, 2.05) is 0 Å². The van der Waals surface area contributed by atoms with E-state index in [2.05, 4.69) is 21.2 Å². The first-order valence-corrected chi connectivity index (χ1v) is 6.18. The molecule has 0 bridgehead atoms. The molecule has 0 aliphatic rings. The molecule has 0 atom stereocenters. The fourth-order valence-electron chi connectivity index (χ4n) is 1.56. The average molecular weight is 345 g/mol. The van der Waals surface area contributed by atoms with E-state index >= 15 is 0 Å².